The van der Waals surface area contributed by atoms with Crippen LogP contribution in [0.3, 0.4) is 0 Å². The quantitative estimate of drug-likeness (QED) is 0.733. The zero-order valence-corrected chi connectivity index (χ0v) is 10.5. The molecular weight excluding hydrogens is 275 g/mol. The molecule has 1 aliphatic carbocycles. The third kappa shape index (κ3) is 2.30. The van der Waals surface area contributed by atoms with Gasteiger partial charge in [-0.25, -0.2) is 4.39 Å². The molecule has 2 rings (SSSR count). The fourth-order valence-corrected chi connectivity index (χ4v) is 2.50. The highest BCUT2D eigenvalue weighted by molar-refractivity contribution is 9.10. The lowest BCUT2D eigenvalue weighted by molar-refractivity contribution is -0.0234. The van der Waals surface area contributed by atoms with E-state index in [1.165, 1.54) is 6.07 Å². The van der Waals surface area contributed by atoms with Gasteiger partial charge in [0.2, 0.25) is 0 Å². The van der Waals surface area contributed by atoms with Gasteiger partial charge < -0.3 is 16.2 Å². The number of nitrogens with two attached hydrogens (primary N) is 1. The Kier molecular flexibility index (Phi) is 2.84. The number of aliphatic hydroxyl groups is 1. The fraction of sp³-hybridized carbons (Fsp3) is 0.455. The molecule has 0 saturated heterocycles. The van der Waals surface area contributed by atoms with Crippen molar-refractivity contribution in [3.05, 3.63) is 22.4 Å². The van der Waals surface area contributed by atoms with Crippen LogP contribution >= 0.6 is 15.9 Å². The first-order valence-electron chi connectivity index (χ1n) is 5.11. The van der Waals surface area contributed by atoms with Crippen LogP contribution in [-0.2, 0) is 0 Å². The van der Waals surface area contributed by atoms with Crippen LogP contribution in [0.25, 0.3) is 0 Å². The maximum absolute atomic E-state index is 13.6. The lowest BCUT2D eigenvalue weighted by atomic mass is 9.77. The topological polar surface area (TPSA) is 58.3 Å². The van der Waals surface area contributed by atoms with Gasteiger partial charge in [-0.1, -0.05) is 15.9 Å². The third-order valence-electron chi connectivity index (χ3n) is 2.81. The Balaban J connectivity index is 2.11. The van der Waals surface area contributed by atoms with Crippen LogP contribution < -0.4 is 11.1 Å². The third-order valence-corrected chi connectivity index (χ3v) is 3.26. The smallest absolute Gasteiger partial charge is 0.149 e. The predicted octanol–water partition coefficient (Wildman–Crippen LogP) is 2.50. The molecule has 3 nitrogen and oxygen atoms in total. The molecule has 1 aromatic rings. The van der Waals surface area contributed by atoms with Crippen molar-refractivity contribution in [2.24, 2.45) is 0 Å². The van der Waals surface area contributed by atoms with E-state index in [1.54, 1.807) is 13.0 Å². The van der Waals surface area contributed by atoms with E-state index in [0.717, 1.165) is 0 Å². The number of nitrogen functional groups attached to an aromatic ring is 1. The normalized spacial score (nSPS) is 28.6. The summed E-state index contributed by atoms with van der Waals surface area (Å²) in [5.74, 6) is -0.376. The molecule has 5 heteroatoms. The highest BCUT2D eigenvalue weighted by Gasteiger charge is 2.38. The Morgan fingerprint density at radius 2 is 2.19 bits per heavy atom. The molecule has 88 valence electrons. The average molecular weight is 289 g/mol. The standard InChI is InChI=1S/C11H14BrFN2O/c1-11(16)4-7(5-11)15-10-8(13)2-6(12)3-9(10)14/h2-3,7,15-16H,4-5,14H2,1H3/t7-,11+. The lowest BCUT2D eigenvalue weighted by Crippen LogP contribution is -2.48. The van der Waals surface area contributed by atoms with E-state index in [0.29, 0.717) is 28.7 Å². The Labute approximate surface area is 102 Å². The monoisotopic (exact) mass is 288 g/mol. The van der Waals surface area contributed by atoms with Crippen LogP contribution in [0.4, 0.5) is 15.8 Å². The van der Waals surface area contributed by atoms with Gasteiger partial charge in [0, 0.05) is 10.5 Å². The van der Waals surface area contributed by atoms with Gasteiger partial charge in [-0.2, -0.15) is 0 Å². The van der Waals surface area contributed by atoms with Crippen molar-refractivity contribution in [3.8, 4) is 0 Å². The molecule has 0 aromatic heterocycles. The summed E-state index contributed by atoms with van der Waals surface area (Å²) in [6.07, 6.45) is 1.23. The molecule has 0 radical (unpaired) electrons. The summed E-state index contributed by atoms with van der Waals surface area (Å²) in [6.45, 7) is 1.77. The molecule has 0 atom stereocenters. The molecule has 1 saturated carbocycles. The number of benzene rings is 1. The summed E-state index contributed by atoms with van der Waals surface area (Å²) in [5.41, 5.74) is 5.79. The summed E-state index contributed by atoms with van der Waals surface area (Å²) >= 11 is 3.17. The predicted molar refractivity (Wildman–Crippen MR) is 65.8 cm³/mol. The number of hydrogen-bond donors (Lipinski definition) is 3. The molecule has 0 spiro atoms. The van der Waals surface area contributed by atoms with Crippen molar-refractivity contribution in [1.29, 1.82) is 0 Å². The number of anilines is 2. The molecule has 0 unspecified atom stereocenters. The van der Waals surface area contributed by atoms with Crippen LogP contribution in [0, 0.1) is 5.82 Å². The van der Waals surface area contributed by atoms with E-state index in [9.17, 15) is 9.50 Å². The molecule has 1 aromatic carbocycles. The van der Waals surface area contributed by atoms with Gasteiger partial charge in [0.25, 0.3) is 0 Å². The highest BCUT2D eigenvalue weighted by atomic mass is 79.9. The van der Waals surface area contributed by atoms with Crippen LogP contribution in [0.2, 0.25) is 0 Å². The van der Waals surface area contributed by atoms with Crippen LogP contribution in [0.15, 0.2) is 16.6 Å². The first kappa shape index (κ1) is 11.7. The van der Waals surface area contributed by atoms with E-state index in [4.69, 9.17) is 5.73 Å². The maximum Gasteiger partial charge on any atom is 0.149 e. The van der Waals surface area contributed by atoms with E-state index >= 15 is 0 Å². The zero-order chi connectivity index (χ0) is 11.9. The molecule has 1 fully saturated rings. The summed E-state index contributed by atoms with van der Waals surface area (Å²) < 4.78 is 14.2. The largest absolute Gasteiger partial charge is 0.397 e. The molecule has 0 heterocycles. The molecule has 16 heavy (non-hydrogen) atoms. The second-order valence-electron chi connectivity index (χ2n) is 4.60. The van der Waals surface area contributed by atoms with Gasteiger partial charge in [0.05, 0.1) is 17.0 Å². The number of nitrogens with one attached hydrogen (secondary N) is 1. The van der Waals surface area contributed by atoms with E-state index in [2.05, 4.69) is 21.2 Å². The Bertz CT molecular complexity index is 391. The lowest BCUT2D eigenvalue weighted by Gasteiger charge is -2.41. The minimum Gasteiger partial charge on any atom is -0.397 e. The highest BCUT2D eigenvalue weighted by Crippen LogP contribution is 2.36. The Morgan fingerprint density at radius 3 is 2.69 bits per heavy atom. The van der Waals surface area contributed by atoms with Crippen LogP contribution in [-0.4, -0.2) is 16.7 Å². The van der Waals surface area contributed by atoms with E-state index < -0.39 is 5.60 Å². The minimum absolute atomic E-state index is 0.0907. The van der Waals surface area contributed by atoms with E-state index in [1.807, 2.05) is 0 Å². The Hall–Kier alpha value is -0.810. The molecule has 0 amide bonds. The van der Waals surface area contributed by atoms with Crippen LogP contribution in [0.1, 0.15) is 19.8 Å². The van der Waals surface area contributed by atoms with Gasteiger partial charge in [0.1, 0.15) is 5.82 Å². The number of halogens is 2. The second-order valence-corrected chi connectivity index (χ2v) is 5.51. The van der Waals surface area contributed by atoms with Gasteiger partial charge in [-0.05, 0) is 31.9 Å². The van der Waals surface area contributed by atoms with Gasteiger partial charge >= 0.3 is 0 Å². The van der Waals surface area contributed by atoms with Gasteiger partial charge in [0.15, 0.2) is 0 Å². The molecule has 4 N–H and O–H groups in total. The average Bonchev–Trinajstić information content (AvgIpc) is 2.07. The summed E-state index contributed by atoms with van der Waals surface area (Å²) in [4.78, 5) is 0. The second kappa shape index (κ2) is 3.89. The SMILES string of the molecule is C[C@]1(O)C[C@@H](Nc2c(N)cc(Br)cc2F)C1. The van der Waals surface area contributed by atoms with E-state index in [-0.39, 0.29) is 11.9 Å². The van der Waals surface area contributed by atoms with Crippen molar-refractivity contribution in [2.45, 2.75) is 31.4 Å². The minimum atomic E-state index is -0.627. The maximum atomic E-state index is 13.6. The molecule has 1 aliphatic rings. The number of hydrogen-bond acceptors (Lipinski definition) is 3. The first-order valence-corrected chi connectivity index (χ1v) is 5.90. The summed E-state index contributed by atoms with van der Waals surface area (Å²) in [6, 6.07) is 3.12. The van der Waals surface area contributed by atoms with Crippen molar-refractivity contribution in [2.75, 3.05) is 11.1 Å². The zero-order valence-electron chi connectivity index (χ0n) is 8.93. The van der Waals surface area contributed by atoms with Crippen molar-refractivity contribution >= 4 is 27.3 Å². The van der Waals surface area contributed by atoms with Crippen molar-refractivity contribution in [1.82, 2.24) is 0 Å². The summed E-state index contributed by atoms with van der Waals surface area (Å²) in [7, 11) is 0. The van der Waals surface area contributed by atoms with Crippen LogP contribution in [0.5, 0.6) is 0 Å². The van der Waals surface area contributed by atoms with Crippen molar-refractivity contribution < 1.29 is 9.50 Å². The Morgan fingerprint density at radius 1 is 1.56 bits per heavy atom. The number of rotatable bonds is 2. The first-order chi connectivity index (χ1) is 7.37. The summed E-state index contributed by atoms with van der Waals surface area (Å²) in [5, 5.41) is 12.6. The van der Waals surface area contributed by atoms with Crippen molar-refractivity contribution in [3.63, 3.8) is 0 Å². The molecular formula is C11H14BrFN2O. The molecule has 0 bridgehead atoms. The fourth-order valence-electron chi connectivity index (χ4n) is 2.05. The molecule has 0 aliphatic heterocycles. The van der Waals surface area contributed by atoms with Gasteiger partial charge in [-0.3, -0.25) is 0 Å². The van der Waals surface area contributed by atoms with Gasteiger partial charge in [-0.15, -0.1) is 0 Å².